The highest BCUT2D eigenvalue weighted by Crippen LogP contribution is 2.27. The molecule has 0 fully saturated rings. The fourth-order valence-electron chi connectivity index (χ4n) is 1.38. The van der Waals surface area contributed by atoms with Crippen LogP contribution in [0.3, 0.4) is 0 Å². The van der Waals surface area contributed by atoms with E-state index in [1.165, 1.54) is 13.2 Å². The minimum absolute atomic E-state index is 0.270. The molecular formula is C11H15ClFNO. The Bertz CT molecular complexity index is 331. The van der Waals surface area contributed by atoms with E-state index in [4.69, 9.17) is 22.1 Å². The summed E-state index contributed by atoms with van der Waals surface area (Å²) < 4.78 is 18.4. The first-order valence-corrected chi connectivity index (χ1v) is 5.28. The summed E-state index contributed by atoms with van der Waals surface area (Å²) in [6, 6.07) is 2.94. The Hall–Kier alpha value is -0.800. The zero-order chi connectivity index (χ0) is 11.3. The van der Waals surface area contributed by atoms with Crippen LogP contribution in [-0.2, 0) is 6.42 Å². The lowest BCUT2D eigenvalue weighted by atomic mass is 10.1. The van der Waals surface area contributed by atoms with E-state index in [1.54, 1.807) is 6.07 Å². The van der Waals surface area contributed by atoms with Crippen molar-refractivity contribution in [3.05, 3.63) is 28.5 Å². The SMILES string of the molecule is COc1cc(F)c(CCCCN)cc1Cl. The van der Waals surface area contributed by atoms with Crippen LogP contribution in [0.5, 0.6) is 5.75 Å². The summed E-state index contributed by atoms with van der Waals surface area (Å²) in [7, 11) is 1.47. The van der Waals surface area contributed by atoms with E-state index in [1.807, 2.05) is 0 Å². The summed E-state index contributed by atoms with van der Waals surface area (Å²) in [4.78, 5) is 0. The molecule has 1 rings (SSSR count). The molecule has 0 unspecified atom stereocenters. The number of aryl methyl sites for hydroxylation is 1. The summed E-state index contributed by atoms with van der Waals surface area (Å²) in [5.74, 6) is 0.102. The number of unbranched alkanes of at least 4 members (excludes halogenated alkanes) is 1. The van der Waals surface area contributed by atoms with Gasteiger partial charge in [0, 0.05) is 6.07 Å². The molecular weight excluding hydrogens is 217 g/mol. The molecule has 2 N–H and O–H groups in total. The molecule has 0 heterocycles. The van der Waals surface area contributed by atoms with Crippen LogP contribution in [0, 0.1) is 5.82 Å². The van der Waals surface area contributed by atoms with Gasteiger partial charge in [0.15, 0.2) is 0 Å². The van der Waals surface area contributed by atoms with E-state index >= 15 is 0 Å². The van der Waals surface area contributed by atoms with Gasteiger partial charge in [-0.15, -0.1) is 0 Å². The Morgan fingerprint density at radius 2 is 2.13 bits per heavy atom. The van der Waals surface area contributed by atoms with Gasteiger partial charge in [-0.1, -0.05) is 11.6 Å². The maximum atomic E-state index is 13.5. The lowest BCUT2D eigenvalue weighted by molar-refractivity contribution is 0.411. The van der Waals surface area contributed by atoms with Crippen molar-refractivity contribution >= 4 is 11.6 Å². The monoisotopic (exact) mass is 231 g/mol. The fourth-order valence-corrected chi connectivity index (χ4v) is 1.64. The van der Waals surface area contributed by atoms with Crippen LogP contribution in [0.1, 0.15) is 18.4 Å². The van der Waals surface area contributed by atoms with Crippen molar-refractivity contribution in [3.8, 4) is 5.75 Å². The Kier molecular flexibility index (Phi) is 4.85. The summed E-state index contributed by atoms with van der Waals surface area (Å²) in [5.41, 5.74) is 5.99. The van der Waals surface area contributed by atoms with Gasteiger partial charge in [0.1, 0.15) is 11.6 Å². The molecule has 0 bridgehead atoms. The molecule has 1 aromatic carbocycles. The molecule has 4 heteroatoms. The second kappa shape index (κ2) is 5.93. The predicted octanol–water partition coefficient (Wildman–Crippen LogP) is 2.77. The van der Waals surface area contributed by atoms with Crippen molar-refractivity contribution in [2.75, 3.05) is 13.7 Å². The van der Waals surface area contributed by atoms with E-state index in [9.17, 15) is 4.39 Å². The lowest BCUT2D eigenvalue weighted by Crippen LogP contribution is -2.00. The van der Waals surface area contributed by atoms with Crippen molar-refractivity contribution in [3.63, 3.8) is 0 Å². The molecule has 2 nitrogen and oxygen atoms in total. The molecule has 0 spiro atoms. The number of halogens is 2. The van der Waals surface area contributed by atoms with Gasteiger partial charge in [-0.2, -0.15) is 0 Å². The topological polar surface area (TPSA) is 35.2 Å². The number of ether oxygens (including phenoxy) is 1. The highest BCUT2D eigenvalue weighted by molar-refractivity contribution is 6.32. The molecule has 0 aliphatic carbocycles. The van der Waals surface area contributed by atoms with Gasteiger partial charge in [0.05, 0.1) is 12.1 Å². The molecule has 0 radical (unpaired) electrons. The fraction of sp³-hybridized carbons (Fsp3) is 0.455. The van der Waals surface area contributed by atoms with Gasteiger partial charge < -0.3 is 10.5 Å². The van der Waals surface area contributed by atoms with E-state index in [2.05, 4.69) is 0 Å². The van der Waals surface area contributed by atoms with Crippen LogP contribution >= 0.6 is 11.6 Å². The minimum atomic E-state index is -0.270. The van der Waals surface area contributed by atoms with Crippen molar-refractivity contribution in [2.45, 2.75) is 19.3 Å². The average molecular weight is 232 g/mol. The first-order chi connectivity index (χ1) is 7.19. The van der Waals surface area contributed by atoms with Crippen LogP contribution in [0.15, 0.2) is 12.1 Å². The third-order valence-electron chi connectivity index (χ3n) is 2.22. The molecule has 0 amide bonds. The van der Waals surface area contributed by atoms with Crippen molar-refractivity contribution in [2.24, 2.45) is 5.73 Å². The van der Waals surface area contributed by atoms with Crippen LogP contribution in [-0.4, -0.2) is 13.7 Å². The molecule has 0 aliphatic rings. The number of rotatable bonds is 5. The van der Waals surface area contributed by atoms with Crippen molar-refractivity contribution in [1.29, 1.82) is 0 Å². The average Bonchev–Trinajstić information content (AvgIpc) is 2.23. The quantitative estimate of drug-likeness (QED) is 0.791. The Balaban J connectivity index is 2.76. The maximum Gasteiger partial charge on any atom is 0.140 e. The van der Waals surface area contributed by atoms with Gasteiger partial charge in [-0.25, -0.2) is 4.39 Å². The summed E-state index contributed by atoms with van der Waals surface area (Å²) in [6.07, 6.45) is 2.42. The molecule has 15 heavy (non-hydrogen) atoms. The normalized spacial score (nSPS) is 10.4. The molecule has 0 aliphatic heterocycles. The van der Waals surface area contributed by atoms with Crippen molar-refractivity contribution in [1.82, 2.24) is 0 Å². The van der Waals surface area contributed by atoms with E-state index in [-0.39, 0.29) is 5.82 Å². The smallest absolute Gasteiger partial charge is 0.140 e. The second-order valence-corrected chi connectivity index (χ2v) is 3.73. The molecule has 0 atom stereocenters. The maximum absolute atomic E-state index is 13.5. The predicted molar refractivity (Wildman–Crippen MR) is 60.0 cm³/mol. The first-order valence-electron chi connectivity index (χ1n) is 4.91. The zero-order valence-corrected chi connectivity index (χ0v) is 9.48. The van der Waals surface area contributed by atoms with Gasteiger partial charge >= 0.3 is 0 Å². The van der Waals surface area contributed by atoms with Gasteiger partial charge in [-0.3, -0.25) is 0 Å². The third-order valence-corrected chi connectivity index (χ3v) is 2.52. The van der Waals surface area contributed by atoms with Crippen LogP contribution in [0.2, 0.25) is 5.02 Å². The molecule has 0 aromatic heterocycles. The van der Waals surface area contributed by atoms with E-state index < -0.39 is 0 Å². The standard InChI is InChI=1S/C11H15ClFNO/c1-15-11-7-10(13)8(6-9(11)12)4-2-3-5-14/h6-7H,2-5,14H2,1H3. The lowest BCUT2D eigenvalue weighted by Gasteiger charge is -2.07. The largest absolute Gasteiger partial charge is 0.495 e. The van der Waals surface area contributed by atoms with Gasteiger partial charge in [0.2, 0.25) is 0 Å². The third kappa shape index (κ3) is 3.36. The summed E-state index contributed by atoms with van der Waals surface area (Å²) >= 11 is 5.90. The first kappa shape index (κ1) is 12.3. The molecule has 0 saturated heterocycles. The molecule has 1 aromatic rings. The number of nitrogens with two attached hydrogens (primary N) is 1. The van der Waals surface area contributed by atoms with Crippen molar-refractivity contribution < 1.29 is 9.13 Å². The Morgan fingerprint density at radius 3 is 2.73 bits per heavy atom. The van der Waals surface area contributed by atoms with E-state index in [0.29, 0.717) is 29.3 Å². The summed E-state index contributed by atoms with van der Waals surface area (Å²) in [6.45, 7) is 0.630. The number of methoxy groups -OCH3 is 1. The number of hydrogen-bond donors (Lipinski definition) is 1. The molecule has 84 valence electrons. The van der Waals surface area contributed by atoms with Gasteiger partial charge in [-0.05, 0) is 37.4 Å². The summed E-state index contributed by atoms with van der Waals surface area (Å²) in [5, 5.41) is 0.446. The van der Waals surface area contributed by atoms with Crippen LogP contribution < -0.4 is 10.5 Å². The number of benzene rings is 1. The Morgan fingerprint density at radius 1 is 1.40 bits per heavy atom. The highest BCUT2D eigenvalue weighted by atomic mass is 35.5. The van der Waals surface area contributed by atoms with Crippen LogP contribution in [0.25, 0.3) is 0 Å². The Labute approximate surface area is 94.2 Å². The molecule has 0 saturated carbocycles. The number of hydrogen-bond acceptors (Lipinski definition) is 2. The minimum Gasteiger partial charge on any atom is -0.495 e. The second-order valence-electron chi connectivity index (χ2n) is 3.32. The van der Waals surface area contributed by atoms with Crippen LogP contribution in [0.4, 0.5) is 4.39 Å². The zero-order valence-electron chi connectivity index (χ0n) is 8.72. The highest BCUT2D eigenvalue weighted by Gasteiger charge is 2.08. The van der Waals surface area contributed by atoms with Gasteiger partial charge in [0.25, 0.3) is 0 Å². The van der Waals surface area contributed by atoms with E-state index in [0.717, 1.165) is 12.8 Å².